The van der Waals surface area contributed by atoms with E-state index in [0.717, 1.165) is 22.4 Å². The zero-order valence-electron chi connectivity index (χ0n) is 9.60. The zero-order chi connectivity index (χ0) is 11.6. The third kappa shape index (κ3) is 2.27. The molecule has 0 spiro atoms. The van der Waals surface area contributed by atoms with Crippen molar-refractivity contribution in [1.29, 1.82) is 0 Å². The van der Waals surface area contributed by atoms with Crippen LogP contribution >= 0.6 is 11.6 Å². The Hall–Kier alpha value is -0.730. The number of halogens is 1. The summed E-state index contributed by atoms with van der Waals surface area (Å²) < 4.78 is 5.32. The molecular formula is C12H17ClO2. The molecule has 0 saturated heterocycles. The van der Waals surface area contributed by atoms with E-state index < -0.39 is 6.10 Å². The summed E-state index contributed by atoms with van der Waals surface area (Å²) in [5.41, 5.74) is 2.66. The minimum Gasteiger partial charge on any atom is -0.496 e. The van der Waals surface area contributed by atoms with E-state index in [9.17, 15) is 5.11 Å². The van der Waals surface area contributed by atoms with E-state index in [4.69, 9.17) is 16.3 Å². The first-order valence-electron chi connectivity index (χ1n) is 5.04. The molecule has 1 unspecified atom stereocenters. The number of aliphatic hydroxyl groups excluding tert-OH is 1. The Bertz CT molecular complexity index is 361. The maximum atomic E-state index is 9.93. The van der Waals surface area contributed by atoms with Gasteiger partial charge >= 0.3 is 0 Å². The van der Waals surface area contributed by atoms with E-state index in [2.05, 4.69) is 0 Å². The number of aryl methyl sites for hydroxylation is 1. The lowest BCUT2D eigenvalue weighted by Crippen LogP contribution is -2.04. The second-order valence-electron chi connectivity index (χ2n) is 3.67. The molecule has 0 radical (unpaired) electrons. The van der Waals surface area contributed by atoms with Crippen LogP contribution in [0.3, 0.4) is 0 Å². The maximum Gasteiger partial charge on any atom is 0.127 e. The fourth-order valence-electron chi connectivity index (χ4n) is 1.75. The first kappa shape index (κ1) is 12.3. The molecule has 2 nitrogen and oxygen atoms in total. The highest BCUT2D eigenvalue weighted by Crippen LogP contribution is 2.37. The van der Waals surface area contributed by atoms with Gasteiger partial charge in [-0.25, -0.2) is 0 Å². The van der Waals surface area contributed by atoms with Crippen LogP contribution < -0.4 is 4.74 Å². The van der Waals surface area contributed by atoms with Gasteiger partial charge in [0.2, 0.25) is 0 Å². The van der Waals surface area contributed by atoms with E-state index in [1.54, 1.807) is 7.11 Å². The second-order valence-corrected chi connectivity index (χ2v) is 4.08. The molecule has 0 aliphatic carbocycles. The Morgan fingerprint density at radius 3 is 2.53 bits per heavy atom. The van der Waals surface area contributed by atoms with Gasteiger partial charge in [-0.3, -0.25) is 0 Å². The van der Waals surface area contributed by atoms with E-state index in [1.165, 1.54) is 0 Å². The first-order valence-corrected chi connectivity index (χ1v) is 5.42. The summed E-state index contributed by atoms with van der Waals surface area (Å²) in [6.07, 6.45) is 0.133. The van der Waals surface area contributed by atoms with Gasteiger partial charge in [0.15, 0.2) is 0 Å². The van der Waals surface area contributed by atoms with Crippen molar-refractivity contribution in [3.05, 3.63) is 27.8 Å². The molecule has 15 heavy (non-hydrogen) atoms. The predicted octanol–water partition coefficient (Wildman–Crippen LogP) is 3.41. The molecule has 0 aliphatic heterocycles. The molecule has 3 heteroatoms. The highest BCUT2D eigenvalue weighted by molar-refractivity contribution is 6.31. The van der Waals surface area contributed by atoms with Crippen LogP contribution in [0.25, 0.3) is 0 Å². The molecule has 1 aromatic rings. The average Bonchev–Trinajstić information content (AvgIpc) is 2.21. The molecule has 84 valence electrons. The standard InChI is InChI=1S/C12H17ClO2/c1-5-10(14)11-8(3)9(13)6-7(2)12(11)15-4/h6,10,14H,5H2,1-4H3. The number of hydrogen-bond acceptors (Lipinski definition) is 2. The Morgan fingerprint density at radius 2 is 2.07 bits per heavy atom. The zero-order valence-corrected chi connectivity index (χ0v) is 10.4. The predicted molar refractivity (Wildman–Crippen MR) is 62.7 cm³/mol. The summed E-state index contributed by atoms with van der Waals surface area (Å²) in [5, 5.41) is 10.6. The van der Waals surface area contributed by atoms with Crippen molar-refractivity contribution in [2.24, 2.45) is 0 Å². The molecule has 0 saturated carbocycles. The summed E-state index contributed by atoms with van der Waals surface area (Å²) in [6, 6.07) is 1.86. The number of aliphatic hydroxyl groups is 1. The van der Waals surface area contributed by atoms with Crippen LogP contribution in [0.5, 0.6) is 5.75 Å². The van der Waals surface area contributed by atoms with Crippen molar-refractivity contribution in [2.45, 2.75) is 33.3 Å². The number of methoxy groups -OCH3 is 1. The number of hydrogen-bond donors (Lipinski definition) is 1. The Balaban J connectivity index is 3.43. The maximum absolute atomic E-state index is 9.93. The Labute approximate surface area is 95.8 Å². The molecule has 0 amide bonds. The van der Waals surface area contributed by atoms with Gasteiger partial charge < -0.3 is 9.84 Å². The van der Waals surface area contributed by atoms with Crippen molar-refractivity contribution in [3.63, 3.8) is 0 Å². The number of ether oxygens (including phenoxy) is 1. The van der Waals surface area contributed by atoms with Gasteiger partial charge in [-0.15, -0.1) is 0 Å². The number of rotatable bonds is 3. The summed E-state index contributed by atoms with van der Waals surface area (Å²) in [4.78, 5) is 0. The SMILES string of the molecule is CCC(O)c1c(C)c(Cl)cc(C)c1OC. The van der Waals surface area contributed by atoms with Gasteiger partial charge in [-0.1, -0.05) is 18.5 Å². The lowest BCUT2D eigenvalue weighted by molar-refractivity contribution is 0.168. The topological polar surface area (TPSA) is 29.5 Å². The first-order chi connectivity index (χ1) is 7.02. The van der Waals surface area contributed by atoms with Crippen LogP contribution in [0, 0.1) is 13.8 Å². The van der Waals surface area contributed by atoms with Gasteiger partial charge in [-0.2, -0.15) is 0 Å². The highest BCUT2D eigenvalue weighted by Gasteiger charge is 2.18. The molecule has 0 bridgehead atoms. The minimum atomic E-state index is -0.516. The average molecular weight is 229 g/mol. The molecule has 0 fully saturated rings. The third-order valence-electron chi connectivity index (χ3n) is 2.63. The molecular weight excluding hydrogens is 212 g/mol. The molecule has 0 heterocycles. The van der Waals surface area contributed by atoms with E-state index in [-0.39, 0.29) is 0 Å². The monoisotopic (exact) mass is 228 g/mol. The van der Waals surface area contributed by atoms with Gasteiger partial charge in [-0.05, 0) is 37.5 Å². The molecule has 1 aromatic carbocycles. The van der Waals surface area contributed by atoms with E-state index in [1.807, 2.05) is 26.8 Å². The van der Waals surface area contributed by atoms with Gasteiger partial charge in [0.05, 0.1) is 13.2 Å². The van der Waals surface area contributed by atoms with Crippen molar-refractivity contribution in [3.8, 4) is 5.75 Å². The summed E-state index contributed by atoms with van der Waals surface area (Å²) in [7, 11) is 1.61. The quantitative estimate of drug-likeness (QED) is 0.859. The number of benzene rings is 1. The van der Waals surface area contributed by atoms with Crippen LogP contribution in [0.15, 0.2) is 6.07 Å². The van der Waals surface area contributed by atoms with Crippen molar-refractivity contribution < 1.29 is 9.84 Å². The summed E-state index contributed by atoms with van der Waals surface area (Å²) >= 11 is 6.08. The highest BCUT2D eigenvalue weighted by atomic mass is 35.5. The lowest BCUT2D eigenvalue weighted by Gasteiger charge is -2.19. The van der Waals surface area contributed by atoms with Crippen LogP contribution in [-0.4, -0.2) is 12.2 Å². The van der Waals surface area contributed by atoms with E-state index >= 15 is 0 Å². The third-order valence-corrected chi connectivity index (χ3v) is 3.02. The Morgan fingerprint density at radius 1 is 1.47 bits per heavy atom. The second kappa shape index (κ2) is 4.86. The van der Waals surface area contributed by atoms with Crippen LogP contribution in [-0.2, 0) is 0 Å². The fraction of sp³-hybridized carbons (Fsp3) is 0.500. The van der Waals surface area contributed by atoms with Crippen LogP contribution in [0.2, 0.25) is 5.02 Å². The molecule has 0 aromatic heterocycles. The Kier molecular flexibility index (Phi) is 4.00. The molecule has 1 atom stereocenters. The molecule has 1 N–H and O–H groups in total. The van der Waals surface area contributed by atoms with E-state index in [0.29, 0.717) is 11.4 Å². The fourth-order valence-corrected chi connectivity index (χ4v) is 2.02. The normalized spacial score (nSPS) is 12.7. The van der Waals surface area contributed by atoms with Crippen LogP contribution in [0.1, 0.15) is 36.1 Å². The lowest BCUT2D eigenvalue weighted by atomic mass is 9.97. The van der Waals surface area contributed by atoms with Gasteiger partial charge in [0.1, 0.15) is 5.75 Å². The summed E-state index contributed by atoms with van der Waals surface area (Å²) in [6.45, 7) is 5.76. The van der Waals surface area contributed by atoms with Crippen molar-refractivity contribution in [2.75, 3.05) is 7.11 Å². The van der Waals surface area contributed by atoms with Crippen molar-refractivity contribution in [1.82, 2.24) is 0 Å². The minimum absolute atomic E-state index is 0.516. The molecule has 1 rings (SSSR count). The smallest absolute Gasteiger partial charge is 0.127 e. The van der Waals surface area contributed by atoms with Crippen molar-refractivity contribution >= 4 is 11.6 Å². The van der Waals surface area contributed by atoms with Gasteiger partial charge in [0, 0.05) is 10.6 Å². The largest absolute Gasteiger partial charge is 0.496 e. The van der Waals surface area contributed by atoms with Crippen LogP contribution in [0.4, 0.5) is 0 Å². The summed E-state index contributed by atoms with van der Waals surface area (Å²) in [5.74, 6) is 0.742. The van der Waals surface area contributed by atoms with Gasteiger partial charge in [0.25, 0.3) is 0 Å². The molecule has 0 aliphatic rings.